The van der Waals surface area contributed by atoms with Gasteiger partial charge >= 0.3 is 6.09 Å². The van der Waals surface area contributed by atoms with Crippen LogP contribution in [-0.4, -0.2) is 17.2 Å². The van der Waals surface area contributed by atoms with E-state index >= 15 is 0 Å². The standard InChI is InChI=1S/C16H22BrNO2/c1-5-16(18-14(19)20-15(2,3)4)10-13(16)11-7-6-8-12(17)9-11/h6-9,13H,5,10H2,1-4H3,(H,18,19)/t13-,16+/m1/s1. The molecule has 20 heavy (non-hydrogen) atoms. The molecule has 0 unspecified atom stereocenters. The molecular formula is C16H22BrNO2. The van der Waals surface area contributed by atoms with Gasteiger partial charge in [0.2, 0.25) is 0 Å². The van der Waals surface area contributed by atoms with Crippen LogP contribution in [0.25, 0.3) is 0 Å². The molecule has 4 heteroatoms. The first-order valence-electron chi connectivity index (χ1n) is 7.02. The SMILES string of the molecule is CC[C@]1(NC(=O)OC(C)(C)C)C[C@@H]1c1cccc(Br)c1. The number of ether oxygens (including phenoxy) is 1. The first-order valence-corrected chi connectivity index (χ1v) is 7.82. The Morgan fingerprint density at radius 3 is 2.75 bits per heavy atom. The molecule has 0 bridgehead atoms. The van der Waals surface area contributed by atoms with Gasteiger partial charge in [0, 0.05) is 10.4 Å². The number of nitrogens with one attached hydrogen (secondary N) is 1. The highest BCUT2D eigenvalue weighted by molar-refractivity contribution is 9.10. The number of carbonyl (C=O) groups excluding carboxylic acids is 1. The van der Waals surface area contributed by atoms with Crippen LogP contribution in [0.4, 0.5) is 4.79 Å². The van der Waals surface area contributed by atoms with Crippen LogP contribution < -0.4 is 5.32 Å². The summed E-state index contributed by atoms with van der Waals surface area (Å²) in [7, 11) is 0. The van der Waals surface area contributed by atoms with E-state index in [1.807, 2.05) is 32.9 Å². The van der Waals surface area contributed by atoms with Crippen molar-refractivity contribution < 1.29 is 9.53 Å². The molecule has 110 valence electrons. The zero-order valence-electron chi connectivity index (χ0n) is 12.5. The van der Waals surface area contributed by atoms with Crippen LogP contribution in [-0.2, 0) is 4.74 Å². The van der Waals surface area contributed by atoms with Gasteiger partial charge in [-0.15, -0.1) is 0 Å². The van der Waals surface area contributed by atoms with Crippen molar-refractivity contribution in [3.8, 4) is 0 Å². The molecular weight excluding hydrogens is 318 g/mol. The van der Waals surface area contributed by atoms with E-state index < -0.39 is 5.60 Å². The summed E-state index contributed by atoms with van der Waals surface area (Å²) in [4.78, 5) is 12.0. The Morgan fingerprint density at radius 1 is 1.50 bits per heavy atom. The third-order valence-electron chi connectivity index (χ3n) is 3.71. The van der Waals surface area contributed by atoms with Gasteiger partial charge in [-0.3, -0.25) is 0 Å². The summed E-state index contributed by atoms with van der Waals surface area (Å²) in [5.74, 6) is 0.373. The molecule has 0 radical (unpaired) electrons. The maximum atomic E-state index is 12.0. The lowest BCUT2D eigenvalue weighted by atomic mass is 10.0. The summed E-state index contributed by atoms with van der Waals surface area (Å²) in [5, 5.41) is 3.07. The Balaban J connectivity index is 2.05. The fourth-order valence-electron chi connectivity index (χ4n) is 2.59. The molecule has 2 atom stereocenters. The number of amides is 1. The van der Waals surface area contributed by atoms with E-state index in [1.165, 1.54) is 5.56 Å². The van der Waals surface area contributed by atoms with E-state index in [4.69, 9.17) is 4.74 Å². The summed E-state index contributed by atoms with van der Waals surface area (Å²) in [6.45, 7) is 7.74. The lowest BCUT2D eigenvalue weighted by Gasteiger charge is -2.23. The van der Waals surface area contributed by atoms with Gasteiger partial charge in [0.15, 0.2) is 0 Å². The largest absolute Gasteiger partial charge is 0.444 e. The van der Waals surface area contributed by atoms with Crippen molar-refractivity contribution in [2.45, 2.75) is 57.6 Å². The van der Waals surface area contributed by atoms with Gasteiger partial charge in [-0.05, 0) is 51.3 Å². The van der Waals surface area contributed by atoms with Crippen molar-refractivity contribution in [1.82, 2.24) is 5.32 Å². The molecule has 3 nitrogen and oxygen atoms in total. The second-order valence-electron chi connectivity index (χ2n) is 6.45. The Labute approximate surface area is 129 Å². The van der Waals surface area contributed by atoms with Gasteiger partial charge in [-0.25, -0.2) is 4.79 Å². The molecule has 1 aromatic rings. The van der Waals surface area contributed by atoms with E-state index in [0.717, 1.165) is 17.3 Å². The Morgan fingerprint density at radius 2 is 2.20 bits per heavy atom. The summed E-state index contributed by atoms with van der Waals surface area (Å²) in [5.41, 5.74) is 0.653. The van der Waals surface area contributed by atoms with E-state index in [2.05, 4.69) is 40.3 Å². The first-order chi connectivity index (χ1) is 9.26. The highest BCUT2D eigenvalue weighted by Gasteiger charge is 2.55. The lowest BCUT2D eigenvalue weighted by Crippen LogP contribution is -2.41. The van der Waals surface area contributed by atoms with Crippen molar-refractivity contribution in [2.75, 3.05) is 0 Å². The highest BCUT2D eigenvalue weighted by atomic mass is 79.9. The van der Waals surface area contributed by atoms with Gasteiger partial charge in [0.25, 0.3) is 0 Å². The molecule has 0 spiro atoms. The molecule has 0 aliphatic heterocycles. The predicted octanol–water partition coefficient (Wildman–Crippen LogP) is 4.61. The number of rotatable bonds is 3. The molecule has 1 aliphatic rings. The average Bonchev–Trinajstić information content (AvgIpc) is 3.01. The Kier molecular flexibility index (Phi) is 4.14. The summed E-state index contributed by atoms with van der Waals surface area (Å²) in [6.07, 6.45) is 1.56. The maximum Gasteiger partial charge on any atom is 0.408 e. The number of benzene rings is 1. The molecule has 1 aromatic carbocycles. The van der Waals surface area contributed by atoms with Crippen LogP contribution in [0.2, 0.25) is 0 Å². The van der Waals surface area contributed by atoms with E-state index in [0.29, 0.717) is 5.92 Å². The molecule has 1 saturated carbocycles. The molecule has 1 N–H and O–H groups in total. The van der Waals surface area contributed by atoms with Crippen LogP contribution in [0.1, 0.15) is 52.0 Å². The van der Waals surface area contributed by atoms with E-state index in [1.54, 1.807) is 0 Å². The van der Waals surface area contributed by atoms with E-state index in [-0.39, 0.29) is 11.6 Å². The van der Waals surface area contributed by atoms with Crippen molar-refractivity contribution >= 4 is 22.0 Å². The molecule has 2 rings (SSSR count). The molecule has 1 fully saturated rings. The number of carbonyl (C=O) groups is 1. The van der Waals surface area contributed by atoms with Gasteiger partial charge in [0.05, 0.1) is 5.54 Å². The lowest BCUT2D eigenvalue weighted by molar-refractivity contribution is 0.0493. The number of halogens is 1. The molecule has 1 amide bonds. The Bertz CT molecular complexity index is 509. The van der Waals surface area contributed by atoms with Crippen LogP contribution in [0.15, 0.2) is 28.7 Å². The minimum atomic E-state index is -0.459. The topological polar surface area (TPSA) is 38.3 Å². The number of hydrogen-bond donors (Lipinski definition) is 1. The second-order valence-corrected chi connectivity index (χ2v) is 7.36. The third-order valence-corrected chi connectivity index (χ3v) is 4.20. The first kappa shape index (κ1) is 15.4. The summed E-state index contributed by atoms with van der Waals surface area (Å²) < 4.78 is 6.44. The summed E-state index contributed by atoms with van der Waals surface area (Å²) >= 11 is 3.50. The average molecular weight is 340 g/mol. The predicted molar refractivity (Wildman–Crippen MR) is 83.9 cm³/mol. The third kappa shape index (κ3) is 3.54. The molecule has 0 heterocycles. The minimum Gasteiger partial charge on any atom is -0.444 e. The van der Waals surface area contributed by atoms with E-state index in [9.17, 15) is 4.79 Å². The van der Waals surface area contributed by atoms with Crippen molar-refractivity contribution in [2.24, 2.45) is 0 Å². The number of hydrogen-bond acceptors (Lipinski definition) is 2. The van der Waals surface area contributed by atoms with Crippen molar-refractivity contribution in [3.63, 3.8) is 0 Å². The van der Waals surface area contributed by atoms with Gasteiger partial charge in [-0.2, -0.15) is 0 Å². The van der Waals surface area contributed by atoms with Crippen LogP contribution in [0.5, 0.6) is 0 Å². The van der Waals surface area contributed by atoms with Crippen LogP contribution in [0.3, 0.4) is 0 Å². The molecule has 0 saturated heterocycles. The van der Waals surface area contributed by atoms with Gasteiger partial charge < -0.3 is 10.1 Å². The molecule has 0 aromatic heterocycles. The Hall–Kier alpha value is -1.03. The maximum absolute atomic E-state index is 12.0. The minimum absolute atomic E-state index is 0.150. The monoisotopic (exact) mass is 339 g/mol. The number of alkyl carbamates (subject to hydrolysis) is 1. The highest BCUT2D eigenvalue weighted by Crippen LogP contribution is 2.53. The van der Waals surface area contributed by atoms with Crippen LogP contribution in [0, 0.1) is 0 Å². The fourth-order valence-corrected chi connectivity index (χ4v) is 3.01. The van der Waals surface area contributed by atoms with Crippen molar-refractivity contribution in [3.05, 3.63) is 34.3 Å². The second kappa shape index (κ2) is 5.40. The van der Waals surface area contributed by atoms with Crippen molar-refractivity contribution in [1.29, 1.82) is 0 Å². The normalized spacial score (nSPS) is 25.1. The fraction of sp³-hybridized carbons (Fsp3) is 0.562. The zero-order chi connectivity index (χ0) is 15.0. The smallest absolute Gasteiger partial charge is 0.408 e. The van der Waals surface area contributed by atoms with Gasteiger partial charge in [0.1, 0.15) is 5.60 Å². The zero-order valence-corrected chi connectivity index (χ0v) is 14.1. The quantitative estimate of drug-likeness (QED) is 0.873. The van der Waals surface area contributed by atoms with Crippen LogP contribution >= 0.6 is 15.9 Å². The summed E-state index contributed by atoms with van der Waals surface area (Å²) in [6, 6.07) is 8.29. The molecule has 1 aliphatic carbocycles. The van der Waals surface area contributed by atoms with Gasteiger partial charge in [-0.1, -0.05) is 35.0 Å².